The molecule has 4 rings (SSSR count). The average molecular weight is 511 g/mol. The first-order valence-corrected chi connectivity index (χ1v) is 12.3. The number of fused-ring (bicyclic) bond motifs is 1. The number of nitrogens with zero attached hydrogens (tertiary/aromatic N) is 2. The number of carbonyl (C=O) groups excluding carboxylic acids is 3. The Morgan fingerprint density at radius 1 is 1.25 bits per heavy atom. The number of benzene rings is 2. The van der Waals surface area contributed by atoms with Crippen molar-refractivity contribution in [2.24, 2.45) is 0 Å². The predicted molar refractivity (Wildman–Crippen MR) is 141 cm³/mol. The molecule has 2 aromatic rings. The van der Waals surface area contributed by atoms with Gasteiger partial charge in [0.05, 0.1) is 7.11 Å². The van der Waals surface area contributed by atoms with E-state index in [4.69, 9.17) is 16.3 Å². The molecule has 0 aromatic heterocycles. The summed E-state index contributed by atoms with van der Waals surface area (Å²) in [5.74, 6) is -0.159. The third-order valence-corrected chi connectivity index (χ3v) is 7.00. The molecule has 0 spiro atoms. The van der Waals surface area contributed by atoms with Crippen molar-refractivity contribution in [3.63, 3.8) is 0 Å². The number of carbonyl (C=O) groups is 3. The number of rotatable bonds is 6. The van der Waals surface area contributed by atoms with Gasteiger partial charge in [-0.2, -0.15) is 0 Å². The van der Waals surface area contributed by atoms with Crippen LogP contribution in [0.2, 0.25) is 5.02 Å². The number of nitrogens with one attached hydrogen (secondary N) is 2. The van der Waals surface area contributed by atoms with Crippen LogP contribution in [0, 0.1) is 0 Å². The highest BCUT2D eigenvalue weighted by molar-refractivity contribution is 6.30. The van der Waals surface area contributed by atoms with Gasteiger partial charge in [-0.1, -0.05) is 18.5 Å². The van der Waals surface area contributed by atoms with Crippen LogP contribution in [0.4, 0.5) is 16.2 Å². The van der Waals surface area contributed by atoms with Gasteiger partial charge in [0, 0.05) is 40.1 Å². The smallest absolute Gasteiger partial charge is 0.329 e. The standard InChI is InChI=1S/C27H31ClN4O4/c1-6-32-22-13-23(36-5)17(11-20(22)16(2)14-27(32,3)4)12-21-25(34)31(26(35)30-21)15-24(33)29-19-9-7-18(28)8-10-19/h7-13,16H,6,14-15H2,1-5H3,(H,29,33)(H,30,35)/b21-12+. The molecule has 4 amide bonds. The molecule has 9 heteroatoms. The first-order valence-electron chi connectivity index (χ1n) is 11.9. The van der Waals surface area contributed by atoms with Crippen molar-refractivity contribution >= 4 is 46.9 Å². The SMILES string of the molecule is CCN1c2cc(OC)c(/C=C3/NC(=O)N(CC(=O)Nc4ccc(Cl)cc4)C3=O)cc2C(C)CC1(C)C. The quantitative estimate of drug-likeness (QED) is 0.422. The largest absolute Gasteiger partial charge is 0.496 e. The Hall–Kier alpha value is -3.52. The lowest BCUT2D eigenvalue weighted by molar-refractivity contribution is -0.127. The summed E-state index contributed by atoms with van der Waals surface area (Å²) in [7, 11) is 1.58. The zero-order chi connectivity index (χ0) is 26.2. The van der Waals surface area contributed by atoms with E-state index >= 15 is 0 Å². The third kappa shape index (κ3) is 4.91. The molecule has 2 heterocycles. The summed E-state index contributed by atoms with van der Waals surface area (Å²) in [6.07, 6.45) is 2.60. The molecule has 190 valence electrons. The van der Waals surface area contributed by atoms with E-state index in [9.17, 15) is 14.4 Å². The number of methoxy groups -OCH3 is 1. The number of ether oxygens (including phenoxy) is 1. The Bertz CT molecular complexity index is 1240. The highest BCUT2D eigenvalue weighted by Crippen LogP contribution is 2.46. The number of anilines is 2. The van der Waals surface area contributed by atoms with Crippen LogP contribution in [0.15, 0.2) is 42.1 Å². The Kier molecular flexibility index (Phi) is 7.00. The maximum atomic E-state index is 13.0. The lowest BCUT2D eigenvalue weighted by Crippen LogP contribution is -2.48. The minimum atomic E-state index is -0.651. The van der Waals surface area contributed by atoms with Crippen LogP contribution in [-0.2, 0) is 9.59 Å². The molecule has 2 aromatic carbocycles. The molecule has 36 heavy (non-hydrogen) atoms. The molecule has 0 radical (unpaired) electrons. The van der Waals surface area contributed by atoms with Gasteiger partial charge < -0.3 is 20.3 Å². The zero-order valence-corrected chi connectivity index (χ0v) is 21.9. The molecular formula is C27H31ClN4O4. The fourth-order valence-electron chi connectivity index (χ4n) is 5.16. The van der Waals surface area contributed by atoms with Crippen molar-refractivity contribution in [3.05, 3.63) is 58.2 Å². The summed E-state index contributed by atoms with van der Waals surface area (Å²) in [6, 6.07) is 9.93. The molecule has 0 saturated carbocycles. The van der Waals surface area contributed by atoms with Crippen LogP contribution in [0.1, 0.15) is 51.2 Å². The second-order valence-electron chi connectivity index (χ2n) is 9.75. The second kappa shape index (κ2) is 9.85. The van der Waals surface area contributed by atoms with E-state index in [0.29, 0.717) is 27.9 Å². The molecule has 0 aliphatic carbocycles. The Morgan fingerprint density at radius 2 is 1.94 bits per heavy atom. The van der Waals surface area contributed by atoms with Crippen molar-refractivity contribution < 1.29 is 19.1 Å². The number of hydrogen-bond acceptors (Lipinski definition) is 5. The van der Waals surface area contributed by atoms with E-state index < -0.39 is 24.4 Å². The second-order valence-corrected chi connectivity index (χ2v) is 10.2. The Morgan fingerprint density at radius 3 is 2.58 bits per heavy atom. The molecule has 2 N–H and O–H groups in total. The zero-order valence-electron chi connectivity index (χ0n) is 21.1. The molecule has 0 bridgehead atoms. The van der Waals surface area contributed by atoms with Crippen LogP contribution in [0.25, 0.3) is 6.08 Å². The molecule has 2 aliphatic rings. The highest BCUT2D eigenvalue weighted by Gasteiger charge is 2.37. The Balaban J connectivity index is 1.58. The minimum absolute atomic E-state index is 0.00857. The van der Waals surface area contributed by atoms with Crippen LogP contribution in [-0.4, -0.2) is 48.5 Å². The van der Waals surface area contributed by atoms with E-state index in [-0.39, 0.29) is 11.2 Å². The monoisotopic (exact) mass is 510 g/mol. The lowest BCUT2D eigenvalue weighted by atomic mass is 9.79. The van der Waals surface area contributed by atoms with Crippen molar-refractivity contribution in [3.8, 4) is 5.75 Å². The molecule has 8 nitrogen and oxygen atoms in total. The number of amides is 4. The first kappa shape index (κ1) is 25.6. The van der Waals surface area contributed by atoms with Gasteiger partial charge in [-0.15, -0.1) is 0 Å². The third-order valence-electron chi connectivity index (χ3n) is 6.75. The van der Waals surface area contributed by atoms with Crippen LogP contribution in [0.3, 0.4) is 0 Å². The van der Waals surface area contributed by atoms with E-state index in [2.05, 4.69) is 43.2 Å². The first-order chi connectivity index (χ1) is 17.0. The number of imide groups is 1. The molecule has 1 unspecified atom stereocenters. The molecular weight excluding hydrogens is 480 g/mol. The van der Waals surface area contributed by atoms with Gasteiger partial charge in [0.1, 0.15) is 18.0 Å². The fourth-order valence-corrected chi connectivity index (χ4v) is 5.29. The highest BCUT2D eigenvalue weighted by atomic mass is 35.5. The summed E-state index contributed by atoms with van der Waals surface area (Å²) in [6.45, 7) is 9.25. The molecule has 1 fully saturated rings. The van der Waals surface area contributed by atoms with E-state index in [1.165, 1.54) is 5.56 Å². The fraction of sp³-hybridized carbons (Fsp3) is 0.370. The van der Waals surface area contributed by atoms with Crippen molar-refractivity contribution in [2.45, 2.75) is 45.6 Å². The number of hydrogen-bond donors (Lipinski definition) is 2. The summed E-state index contributed by atoms with van der Waals surface area (Å²) < 4.78 is 5.66. The van der Waals surface area contributed by atoms with Gasteiger partial charge in [0.15, 0.2) is 0 Å². The average Bonchev–Trinajstić information content (AvgIpc) is 3.07. The van der Waals surface area contributed by atoms with Crippen molar-refractivity contribution in [1.82, 2.24) is 10.2 Å². The predicted octanol–water partition coefficient (Wildman–Crippen LogP) is 4.99. The van der Waals surface area contributed by atoms with Crippen LogP contribution >= 0.6 is 11.6 Å². The molecule has 1 saturated heterocycles. The minimum Gasteiger partial charge on any atom is -0.496 e. The number of halogens is 1. The lowest BCUT2D eigenvalue weighted by Gasteiger charge is -2.47. The van der Waals surface area contributed by atoms with Gasteiger partial charge in [-0.25, -0.2) is 9.69 Å². The summed E-state index contributed by atoms with van der Waals surface area (Å²) in [5, 5.41) is 5.79. The topological polar surface area (TPSA) is 91.0 Å². The van der Waals surface area contributed by atoms with Gasteiger partial charge in [-0.05, 0) is 75.1 Å². The van der Waals surface area contributed by atoms with Crippen molar-refractivity contribution in [2.75, 3.05) is 30.4 Å². The molecule has 2 aliphatic heterocycles. The molecule has 1 atom stereocenters. The van der Waals surface area contributed by atoms with Gasteiger partial charge in [-0.3, -0.25) is 9.59 Å². The van der Waals surface area contributed by atoms with Crippen LogP contribution in [0.5, 0.6) is 5.75 Å². The van der Waals surface area contributed by atoms with E-state index in [0.717, 1.165) is 23.6 Å². The van der Waals surface area contributed by atoms with E-state index in [1.807, 2.05) is 12.1 Å². The maximum Gasteiger partial charge on any atom is 0.329 e. The van der Waals surface area contributed by atoms with Gasteiger partial charge in [0.25, 0.3) is 5.91 Å². The van der Waals surface area contributed by atoms with Gasteiger partial charge in [0.2, 0.25) is 5.91 Å². The maximum absolute atomic E-state index is 13.0. The Labute approximate surface area is 216 Å². The van der Waals surface area contributed by atoms with E-state index in [1.54, 1.807) is 37.5 Å². The normalized spacial score (nSPS) is 19.8. The summed E-state index contributed by atoms with van der Waals surface area (Å²) >= 11 is 5.87. The van der Waals surface area contributed by atoms with Crippen LogP contribution < -0.4 is 20.3 Å². The van der Waals surface area contributed by atoms with Crippen molar-refractivity contribution in [1.29, 1.82) is 0 Å². The number of urea groups is 1. The summed E-state index contributed by atoms with van der Waals surface area (Å²) in [4.78, 5) is 41.2. The van der Waals surface area contributed by atoms with Gasteiger partial charge >= 0.3 is 6.03 Å². The summed E-state index contributed by atoms with van der Waals surface area (Å²) in [5.41, 5.74) is 3.59.